The van der Waals surface area contributed by atoms with Crippen LogP contribution in [0.3, 0.4) is 0 Å². The molecule has 0 amide bonds. The van der Waals surface area contributed by atoms with E-state index in [1.807, 2.05) is 18.2 Å². The van der Waals surface area contributed by atoms with Crippen molar-refractivity contribution in [2.75, 3.05) is 30.8 Å². The molecule has 2 aromatic rings. The zero-order chi connectivity index (χ0) is 18.9. The number of nitrogens with one attached hydrogen (secondary N) is 2. The average Bonchev–Trinajstić information content (AvgIpc) is 3.38. The van der Waals surface area contributed by atoms with Crippen LogP contribution in [0.25, 0.3) is 11.3 Å². The molecule has 1 aromatic carbocycles. The van der Waals surface area contributed by atoms with Gasteiger partial charge in [0.2, 0.25) is 10.0 Å². The zero-order valence-corrected chi connectivity index (χ0v) is 16.2. The van der Waals surface area contributed by atoms with E-state index in [1.54, 1.807) is 13.2 Å². The first-order valence-corrected chi connectivity index (χ1v) is 11.0. The highest BCUT2D eigenvalue weighted by Crippen LogP contribution is 2.34. The summed E-state index contributed by atoms with van der Waals surface area (Å²) in [5.74, 6) is 0.0151. The Bertz CT molecular complexity index is 903. The molecule has 2 N–H and O–H groups in total. The summed E-state index contributed by atoms with van der Waals surface area (Å²) in [4.78, 5) is 0. The third-order valence-corrected chi connectivity index (χ3v) is 6.73. The summed E-state index contributed by atoms with van der Waals surface area (Å²) < 4.78 is 39.2. The summed E-state index contributed by atoms with van der Waals surface area (Å²) in [6.45, 7) is 1.20. The molecule has 0 radical (unpaired) electrons. The number of aromatic nitrogens is 2. The smallest absolute Gasteiger partial charge is 0.235 e. The van der Waals surface area contributed by atoms with E-state index in [2.05, 4.69) is 14.9 Å². The second-order valence-electron chi connectivity index (χ2n) is 7.21. The van der Waals surface area contributed by atoms with Crippen molar-refractivity contribution >= 4 is 15.7 Å². The van der Waals surface area contributed by atoms with Gasteiger partial charge in [0.1, 0.15) is 0 Å². The summed E-state index contributed by atoms with van der Waals surface area (Å²) in [7, 11) is -2.02. The van der Waals surface area contributed by atoms with Crippen LogP contribution in [0.5, 0.6) is 0 Å². The lowest BCUT2D eigenvalue weighted by molar-refractivity contribution is 0.0612. The highest BCUT2D eigenvalue weighted by Gasteiger charge is 2.30. The predicted octanol–water partition coefficient (Wildman–Crippen LogP) is 2.36. The molecule has 2 heterocycles. The van der Waals surface area contributed by atoms with Gasteiger partial charge < -0.3 is 9.47 Å². The monoisotopic (exact) mass is 391 g/mol. The fourth-order valence-electron chi connectivity index (χ4n) is 3.99. The number of rotatable bonds is 7. The quantitative estimate of drug-likeness (QED) is 0.756. The number of H-pyrrole nitrogens is 1. The predicted molar refractivity (Wildman–Crippen MR) is 103 cm³/mol. The molecule has 146 valence electrons. The van der Waals surface area contributed by atoms with Crippen molar-refractivity contribution in [1.82, 2.24) is 10.2 Å². The molecule has 27 heavy (non-hydrogen) atoms. The maximum Gasteiger partial charge on any atom is 0.235 e. The number of methoxy groups -OCH3 is 1. The molecule has 7 nitrogen and oxygen atoms in total. The van der Waals surface area contributed by atoms with Crippen molar-refractivity contribution < 1.29 is 17.9 Å². The van der Waals surface area contributed by atoms with Gasteiger partial charge in [-0.3, -0.25) is 9.82 Å². The SMILES string of the molecule is COC(CS(=O)(=O)Nc1ccccc1-c1n[nH]c2c1CCC2)C1CCOC1. The third kappa shape index (κ3) is 3.88. The van der Waals surface area contributed by atoms with Crippen LogP contribution in [0, 0.1) is 5.92 Å². The Hall–Kier alpha value is -1.90. The molecule has 2 aliphatic rings. The van der Waals surface area contributed by atoms with Crippen molar-refractivity contribution in [3.63, 3.8) is 0 Å². The lowest BCUT2D eigenvalue weighted by atomic mass is 10.0. The number of hydrogen-bond acceptors (Lipinski definition) is 5. The van der Waals surface area contributed by atoms with Gasteiger partial charge in [-0.25, -0.2) is 8.42 Å². The number of ether oxygens (including phenoxy) is 2. The van der Waals surface area contributed by atoms with E-state index in [4.69, 9.17) is 9.47 Å². The topological polar surface area (TPSA) is 93.3 Å². The van der Waals surface area contributed by atoms with Crippen molar-refractivity contribution in [2.45, 2.75) is 31.8 Å². The van der Waals surface area contributed by atoms with Gasteiger partial charge in [0.25, 0.3) is 0 Å². The van der Waals surface area contributed by atoms with Crippen molar-refractivity contribution in [3.8, 4) is 11.3 Å². The molecule has 1 aliphatic heterocycles. The van der Waals surface area contributed by atoms with E-state index < -0.39 is 10.0 Å². The fraction of sp³-hybridized carbons (Fsp3) is 0.526. The Labute approximate surface area is 159 Å². The normalized spacial score (nSPS) is 20.6. The molecule has 0 bridgehead atoms. The summed E-state index contributed by atoms with van der Waals surface area (Å²) in [6.07, 6.45) is 3.50. The highest BCUT2D eigenvalue weighted by molar-refractivity contribution is 7.92. The van der Waals surface area contributed by atoms with Crippen molar-refractivity contribution in [2.24, 2.45) is 5.92 Å². The summed E-state index contributed by atoms with van der Waals surface area (Å²) >= 11 is 0. The number of para-hydroxylation sites is 1. The third-order valence-electron chi connectivity index (χ3n) is 5.43. The van der Waals surface area contributed by atoms with E-state index in [9.17, 15) is 8.42 Å². The first kappa shape index (κ1) is 18.5. The number of nitrogens with zero attached hydrogens (tertiary/aromatic N) is 1. The lowest BCUT2D eigenvalue weighted by Crippen LogP contribution is -2.34. The Morgan fingerprint density at radius 1 is 1.37 bits per heavy atom. The van der Waals surface area contributed by atoms with E-state index in [0.717, 1.165) is 42.6 Å². The van der Waals surface area contributed by atoms with Gasteiger partial charge in [-0.05, 0) is 31.7 Å². The molecule has 8 heteroatoms. The second kappa shape index (κ2) is 7.61. The second-order valence-corrected chi connectivity index (χ2v) is 8.98. The van der Waals surface area contributed by atoms with E-state index in [-0.39, 0.29) is 17.8 Å². The van der Waals surface area contributed by atoms with Gasteiger partial charge in [-0.1, -0.05) is 18.2 Å². The number of aryl methyl sites for hydroxylation is 1. The average molecular weight is 391 g/mol. The van der Waals surface area contributed by atoms with Crippen LogP contribution >= 0.6 is 0 Å². The Morgan fingerprint density at radius 3 is 3.00 bits per heavy atom. The molecule has 2 atom stereocenters. The minimum Gasteiger partial charge on any atom is -0.381 e. The largest absolute Gasteiger partial charge is 0.381 e. The number of fused-ring (bicyclic) bond motifs is 1. The molecule has 1 aromatic heterocycles. The Balaban J connectivity index is 1.57. The van der Waals surface area contributed by atoms with Gasteiger partial charge in [-0.15, -0.1) is 0 Å². The van der Waals surface area contributed by atoms with Crippen LogP contribution in [0.4, 0.5) is 5.69 Å². The molecule has 1 fully saturated rings. The van der Waals surface area contributed by atoms with Crippen LogP contribution in [0.15, 0.2) is 24.3 Å². The first-order chi connectivity index (χ1) is 13.1. The van der Waals surface area contributed by atoms with Crippen LogP contribution < -0.4 is 4.72 Å². The highest BCUT2D eigenvalue weighted by atomic mass is 32.2. The fourth-order valence-corrected chi connectivity index (χ4v) is 5.43. The number of benzene rings is 1. The molecule has 2 unspecified atom stereocenters. The Kier molecular flexibility index (Phi) is 5.21. The van der Waals surface area contributed by atoms with Crippen LogP contribution in [-0.4, -0.2) is 50.8 Å². The molecule has 1 saturated heterocycles. The van der Waals surface area contributed by atoms with Gasteiger partial charge in [0, 0.05) is 36.5 Å². The van der Waals surface area contributed by atoms with Crippen molar-refractivity contribution in [3.05, 3.63) is 35.5 Å². The number of hydrogen-bond donors (Lipinski definition) is 2. The molecule has 0 spiro atoms. The molecule has 4 rings (SSSR count). The summed E-state index contributed by atoms with van der Waals surface area (Å²) in [6, 6.07) is 7.42. The van der Waals surface area contributed by atoms with Gasteiger partial charge in [0.05, 0.1) is 29.8 Å². The molecule has 1 aliphatic carbocycles. The zero-order valence-electron chi connectivity index (χ0n) is 15.4. The maximum absolute atomic E-state index is 12.8. The van der Waals surface area contributed by atoms with Gasteiger partial charge >= 0.3 is 0 Å². The summed E-state index contributed by atoms with van der Waals surface area (Å²) in [5, 5.41) is 7.53. The van der Waals surface area contributed by atoms with Crippen LogP contribution in [0.1, 0.15) is 24.1 Å². The number of aromatic amines is 1. The number of sulfonamides is 1. The van der Waals surface area contributed by atoms with Crippen LogP contribution in [0.2, 0.25) is 0 Å². The Morgan fingerprint density at radius 2 is 2.22 bits per heavy atom. The van der Waals surface area contributed by atoms with Gasteiger partial charge in [0.15, 0.2) is 0 Å². The van der Waals surface area contributed by atoms with Crippen molar-refractivity contribution in [1.29, 1.82) is 0 Å². The maximum atomic E-state index is 12.8. The number of anilines is 1. The first-order valence-electron chi connectivity index (χ1n) is 9.34. The van der Waals surface area contributed by atoms with E-state index >= 15 is 0 Å². The molecular weight excluding hydrogens is 366 g/mol. The molecule has 0 saturated carbocycles. The van der Waals surface area contributed by atoms with E-state index in [1.165, 1.54) is 5.56 Å². The standard InChI is InChI=1S/C19H25N3O4S/c1-25-18(13-9-10-26-11-13)12-27(23,24)22-17-7-3-2-5-15(17)19-14-6-4-8-16(14)20-21-19/h2-3,5,7,13,18,22H,4,6,8-12H2,1H3,(H,20,21). The van der Waals surface area contributed by atoms with Crippen LogP contribution in [-0.2, 0) is 32.3 Å². The van der Waals surface area contributed by atoms with E-state index in [0.29, 0.717) is 18.9 Å². The lowest BCUT2D eigenvalue weighted by Gasteiger charge is -2.21. The minimum atomic E-state index is -3.58. The summed E-state index contributed by atoms with van der Waals surface area (Å²) in [5.41, 5.74) is 4.55. The minimum absolute atomic E-state index is 0.0927. The van der Waals surface area contributed by atoms with Gasteiger partial charge in [-0.2, -0.15) is 5.10 Å². The molecular formula is C19H25N3O4S.